The number of hydrogen-bond acceptors (Lipinski definition) is 5. The average molecular weight is 354 g/mol. The molecule has 0 amide bonds. The van der Waals surface area contributed by atoms with Crippen LogP contribution in [0.4, 0.5) is 11.5 Å². The molecule has 26 heavy (non-hydrogen) atoms. The number of pyridine rings is 1. The first-order valence-electron chi connectivity index (χ1n) is 9.11. The van der Waals surface area contributed by atoms with E-state index in [-0.39, 0.29) is 5.69 Å². The predicted octanol–water partition coefficient (Wildman–Crippen LogP) is 3.74. The summed E-state index contributed by atoms with van der Waals surface area (Å²) in [4.78, 5) is 19.5. The number of rotatable bonds is 5. The number of nitrogens with zero attached hydrogens (tertiary/aromatic N) is 4. The van der Waals surface area contributed by atoms with Gasteiger partial charge in [0.05, 0.1) is 4.92 Å². The van der Waals surface area contributed by atoms with Gasteiger partial charge in [-0.15, -0.1) is 0 Å². The molecule has 6 heteroatoms. The lowest BCUT2D eigenvalue weighted by molar-refractivity contribution is -0.385. The zero-order valence-electron chi connectivity index (χ0n) is 15.7. The predicted molar refractivity (Wildman–Crippen MR) is 104 cm³/mol. The summed E-state index contributed by atoms with van der Waals surface area (Å²) >= 11 is 0. The number of hydrogen-bond donors (Lipinski definition) is 0. The van der Waals surface area contributed by atoms with Gasteiger partial charge in [0.1, 0.15) is 12.0 Å². The minimum atomic E-state index is -0.397. The molecule has 0 N–H and O–H groups in total. The number of aromatic nitrogens is 1. The molecule has 3 rings (SSSR count). The molecule has 1 fully saturated rings. The van der Waals surface area contributed by atoms with Gasteiger partial charge in [-0.2, -0.15) is 0 Å². The quantitative estimate of drug-likeness (QED) is 0.604. The summed E-state index contributed by atoms with van der Waals surface area (Å²) in [7, 11) is 0. The molecule has 1 saturated heterocycles. The molecule has 2 heterocycles. The van der Waals surface area contributed by atoms with Crippen LogP contribution in [0.25, 0.3) is 0 Å². The second-order valence-corrected chi connectivity index (χ2v) is 7.25. The first-order valence-corrected chi connectivity index (χ1v) is 9.11. The van der Waals surface area contributed by atoms with Crippen LogP contribution in [0, 0.1) is 17.0 Å². The fourth-order valence-corrected chi connectivity index (χ4v) is 3.37. The standard InChI is InChI=1S/C20H26N4O2/c1-15(2)18-6-4-17(5-7-18)14-22-8-10-23(11-9-22)20-16(3)12-19(13-21-20)24(25)26/h4-7,12-13,15H,8-11,14H2,1-3H3. The van der Waals surface area contributed by atoms with Crippen LogP contribution in [0.1, 0.15) is 36.5 Å². The normalized spacial score (nSPS) is 15.5. The van der Waals surface area contributed by atoms with Crippen LogP contribution in [0.2, 0.25) is 0 Å². The van der Waals surface area contributed by atoms with Crippen LogP contribution in [-0.4, -0.2) is 41.0 Å². The van der Waals surface area contributed by atoms with Gasteiger partial charge in [-0.1, -0.05) is 38.1 Å². The van der Waals surface area contributed by atoms with Crippen LogP contribution in [0.3, 0.4) is 0 Å². The average Bonchev–Trinajstić information content (AvgIpc) is 2.63. The van der Waals surface area contributed by atoms with Crippen LogP contribution in [-0.2, 0) is 6.54 Å². The topological polar surface area (TPSA) is 62.5 Å². The number of benzene rings is 1. The molecule has 138 valence electrons. The molecule has 1 aliphatic heterocycles. The summed E-state index contributed by atoms with van der Waals surface area (Å²) < 4.78 is 0. The Labute approximate surface area is 154 Å². The molecular formula is C20H26N4O2. The molecule has 0 atom stereocenters. The molecule has 1 aliphatic rings. The van der Waals surface area contributed by atoms with Crippen molar-refractivity contribution in [2.75, 3.05) is 31.1 Å². The second-order valence-electron chi connectivity index (χ2n) is 7.25. The van der Waals surface area contributed by atoms with E-state index in [1.165, 1.54) is 17.3 Å². The summed E-state index contributed by atoms with van der Waals surface area (Å²) in [5.74, 6) is 1.42. The maximum atomic E-state index is 10.9. The van der Waals surface area contributed by atoms with Gasteiger partial charge in [-0.05, 0) is 29.5 Å². The molecule has 0 radical (unpaired) electrons. The van der Waals surface area contributed by atoms with Gasteiger partial charge in [0.2, 0.25) is 0 Å². The summed E-state index contributed by atoms with van der Waals surface area (Å²) in [6.45, 7) is 11.0. The second kappa shape index (κ2) is 7.83. The Morgan fingerprint density at radius 3 is 2.35 bits per heavy atom. The number of piperazine rings is 1. The van der Waals surface area contributed by atoms with Crippen molar-refractivity contribution in [2.24, 2.45) is 0 Å². The summed E-state index contributed by atoms with van der Waals surface area (Å²) in [6.07, 6.45) is 1.35. The van der Waals surface area contributed by atoms with Gasteiger partial charge in [-0.3, -0.25) is 15.0 Å². The van der Waals surface area contributed by atoms with Crippen molar-refractivity contribution < 1.29 is 4.92 Å². The van der Waals surface area contributed by atoms with Crippen molar-refractivity contribution in [3.05, 3.63) is 63.3 Å². The van der Waals surface area contributed by atoms with Gasteiger partial charge in [0.25, 0.3) is 5.69 Å². The van der Waals surface area contributed by atoms with E-state index in [1.54, 1.807) is 6.07 Å². The van der Waals surface area contributed by atoms with Gasteiger partial charge >= 0.3 is 0 Å². The zero-order valence-corrected chi connectivity index (χ0v) is 15.7. The number of aryl methyl sites for hydroxylation is 1. The molecule has 0 unspecified atom stereocenters. The number of nitro groups is 1. The van der Waals surface area contributed by atoms with Crippen LogP contribution in [0.15, 0.2) is 36.5 Å². The van der Waals surface area contributed by atoms with E-state index in [0.29, 0.717) is 5.92 Å². The van der Waals surface area contributed by atoms with E-state index in [1.807, 2.05) is 6.92 Å². The maximum Gasteiger partial charge on any atom is 0.287 e. The Kier molecular flexibility index (Phi) is 5.52. The molecule has 0 aliphatic carbocycles. The highest BCUT2D eigenvalue weighted by molar-refractivity contribution is 5.50. The van der Waals surface area contributed by atoms with Gasteiger partial charge in [0, 0.05) is 38.8 Å². The van der Waals surface area contributed by atoms with E-state index in [4.69, 9.17) is 0 Å². The van der Waals surface area contributed by atoms with E-state index in [0.717, 1.165) is 44.1 Å². The van der Waals surface area contributed by atoms with Crippen molar-refractivity contribution in [2.45, 2.75) is 33.2 Å². The lowest BCUT2D eigenvalue weighted by Gasteiger charge is -2.36. The van der Waals surface area contributed by atoms with Crippen molar-refractivity contribution in [1.29, 1.82) is 0 Å². The van der Waals surface area contributed by atoms with Gasteiger partial charge < -0.3 is 4.90 Å². The van der Waals surface area contributed by atoms with Gasteiger partial charge in [0.15, 0.2) is 0 Å². The van der Waals surface area contributed by atoms with E-state index in [2.05, 4.69) is 52.9 Å². The Morgan fingerprint density at radius 1 is 1.15 bits per heavy atom. The largest absolute Gasteiger partial charge is 0.354 e. The Balaban J connectivity index is 1.58. The lowest BCUT2D eigenvalue weighted by Crippen LogP contribution is -2.46. The summed E-state index contributed by atoms with van der Waals surface area (Å²) in [5, 5.41) is 10.9. The first-order chi connectivity index (χ1) is 12.4. The molecular weight excluding hydrogens is 328 g/mol. The SMILES string of the molecule is Cc1cc([N+](=O)[O-])cnc1N1CCN(Cc2ccc(C(C)C)cc2)CC1. The van der Waals surface area contributed by atoms with Crippen molar-refractivity contribution in [3.63, 3.8) is 0 Å². The van der Waals surface area contributed by atoms with E-state index in [9.17, 15) is 10.1 Å². The van der Waals surface area contributed by atoms with Crippen molar-refractivity contribution in [1.82, 2.24) is 9.88 Å². The molecule has 0 spiro atoms. The van der Waals surface area contributed by atoms with Crippen LogP contribution in [0.5, 0.6) is 0 Å². The lowest BCUT2D eigenvalue weighted by atomic mass is 10.0. The highest BCUT2D eigenvalue weighted by atomic mass is 16.6. The third-order valence-electron chi connectivity index (χ3n) is 4.97. The minimum absolute atomic E-state index is 0.0507. The highest BCUT2D eigenvalue weighted by Crippen LogP contribution is 2.23. The fraction of sp³-hybridized carbons (Fsp3) is 0.450. The monoisotopic (exact) mass is 354 g/mol. The zero-order chi connectivity index (χ0) is 18.7. The molecule has 2 aromatic rings. The van der Waals surface area contributed by atoms with Crippen LogP contribution < -0.4 is 4.90 Å². The molecule has 6 nitrogen and oxygen atoms in total. The number of anilines is 1. The third-order valence-corrected chi connectivity index (χ3v) is 4.97. The molecule has 1 aromatic carbocycles. The third kappa shape index (κ3) is 4.19. The summed E-state index contributed by atoms with van der Waals surface area (Å²) in [6, 6.07) is 10.5. The molecule has 0 saturated carbocycles. The Bertz CT molecular complexity index is 766. The smallest absolute Gasteiger partial charge is 0.287 e. The van der Waals surface area contributed by atoms with Crippen LogP contribution >= 0.6 is 0 Å². The van der Waals surface area contributed by atoms with Gasteiger partial charge in [-0.25, -0.2) is 4.98 Å². The van der Waals surface area contributed by atoms with E-state index < -0.39 is 4.92 Å². The maximum absolute atomic E-state index is 10.9. The first kappa shape index (κ1) is 18.3. The van der Waals surface area contributed by atoms with Crippen molar-refractivity contribution in [3.8, 4) is 0 Å². The minimum Gasteiger partial charge on any atom is -0.354 e. The highest BCUT2D eigenvalue weighted by Gasteiger charge is 2.20. The molecule has 0 bridgehead atoms. The van der Waals surface area contributed by atoms with Crippen molar-refractivity contribution >= 4 is 11.5 Å². The summed E-state index contributed by atoms with van der Waals surface area (Å²) in [5.41, 5.74) is 3.62. The Hall–Kier alpha value is -2.47. The van der Waals surface area contributed by atoms with E-state index >= 15 is 0 Å². The molecule has 1 aromatic heterocycles. The fourth-order valence-electron chi connectivity index (χ4n) is 3.37. The Morgan fingerprint density at radius 2 is 1.81 bits per heavy atom.